The number of carbonyl (C=O) groups is 1. The molecule has 88 valence electrons. The molecule has 1 amide bonds. The van der Waals surface area contributed by atoms with Gasteiger partial charge in [-0.15, -0.1) is 0 Å². The van der Waals surface area contributed by atoms with E-state index in [4.69, 9.17) is 5.73 Å². The Hall–Kier alpha value is -1.88. The fraction of sp³-hybridized carbons (Fsp3) is 0.167. The summed E-state index contributed by atoms with van der Waals surface area (Å²) in [6.45, 7) is 0.625. The van der Waals surface area contributed by atoms with Crippen molar-refractivity contribution in [2.45, 2.75) is 6.42 Å². The van der Waals surface area contributed by atoms with Crippen LogP contribution in [0.4, 0.5) is 5.82 Å². The standard InChI is InChI=1S/C12H13N3OS/c13-11-2-1-10(7-15-11)12(16)14-5-3-9-4-6-17-8-9/h1-2,4,6-8H,3,5H2,(H2,13,15)(H,14,16). The van der Waals surface area contributed by atoms with Crippen molar-refractivity contribution in [3.05, 3.63) is 46.3 Å². The van der Waals surface area contributed by atoms with Gasteiger partial charge >= 0.3 is 0 Å². The summed E-state index contributed by atoms with van der Waals surface area (Å²) in [5.74, 6) is 0.299. The van der Waals surface area contributed by atoms with Crippen LogP contribution in [0.5, 0.6) is 0 Å². The first-order chi connectivity index (χ1) is 8.25. The number of nitrogens with one attached hydrogen (secondary N) is 1. The molecule has 0 aliphatic carbocycles. The molecule has 0 atom stereocenters. The van der Waals surface area contributed by atoms with Gasteiger partial charge in [-0.2, -0.15) is 11.3 Å². The molecule has 4 nitrogen and oxygen atoms in total. The van der Waals surface area contributed by atoms with Crippen LogP contribution in [-0.2, 0) is 6.42 Å². The van der Waals surface area contributed by atoms with Gasteiger partial charge in [-0.25, -0.2) is 4.98 Å². The second-order valence-electron chi connectivity index (χ2n) is 3.61. The number of nitrogen functional groups attached to an aromatic ring is 1. The summed E-state index contributed by atoms with van der Waals surface area (Å²) in [5.41, 5.74) is 7.22. The molecule has 0 aliphatic heterocycles. The van der Waals surface area contributed by atoms with Crippen molar-refractivity contribution in [1.29, 1.82) is 0 Å². The molecule has 0 radical (unpaired) electrons. The molecule has 0 bridgehead atoms. The van der Waals surface area contributed by atoms with Gasteiger partial charge in [0.15, 0.2) is 0 Å². The van der Waals surface area contributed by atoms with Crippen LogP contribution >= 0.6 is 11.3 Å². The lowest BCUT2D eigenvalue weighted by Gasteiger charge is -2.04. The van der Waals surface area contributed by atoms with E-state index < -0.39 is 0 Å². The summed E-state index contributed by atoms with van der Waals surface area (Å²) in [5, 5.41) is 6.95. The molecule has 0 aromatic carbocycles. The van der Waals surface area contributed by atoms with Gasteiger partial charge in [0, 0.05) is 12.7 Å². The Morgan fingerprint density at radius 3 is 2.94 bits per heavy atom. The third kappa shape index (κ3) is 3.29. The van der Waals surface area contributed by atoms with Crippen LogP contribution < -0.4 is 11.1 Å². The molecule has 0 fully saturated rings. The van der Waals surface area contributed by atoms with Crippen LogP contribution in [-0.4, -0.2) is 17.4 Å². The number of rotatable bonds is 4. The Labute approximate surface area is 103 Å². The van der Waals surface area contributed by atoms with Gasteiger partial charge in [-0.1, -0.05) is 0 Å². The van der Waals surface area contributed by atoms with Gasteiger partial charge in [-0.05, 0) is 40.9 Å². The number of nitrogens with two attached hydrogens (primary N) is 1. The second kappa shape index (κ2) is 5.45. The molecular weight excluding hydrogens is 234 g/mol. The van der Waals surface area contributed by atoms with Gasteiger partial charge in [0.1, 0.15) is 5.82 Å². The van der Waals surface area contributed by atoms with E-state index in [1.165, 1.54) is 11.8 Å². The van der Waals surface area contributed by atoms with E-state index in [0.29, 0.717) is 17.9 Å². The van der Waals surface area contributed by atoms with Crippen molar-refractivity contribution in [1.82, 2.24) is 10.3 Å². The van der Waals surface area contributed by atoms with E-state index in [9.17, 15) is 4.79 Å². The minimum absolute atomic E-state index is 0.118. The number of carbonyl (C=O) groups excluding carboxylic acids is 1. The summed E-state index contributed by atoms with van der Waals surface area (Å²) < 4.78 is 0. The maximum atomic E-state index is 11.7. The smallest absolute Gasteiger partial charge is 0.252 e. The van der Waals surface area contributed by atoms with Crippen LogP contribution in [0.3, 0.4) is 0 Å². The molecule has 0 saturated heterocycles. The normalized spacial score (nSPS) is 10.1. The number of nitrogens with zero attached hydrogens (tertiary/aromatic N) is 1. The average molecular weight is 247 g/mol. The summed E-state index contributed by atoms with van der Waals surface area (Å²) in [4.78, 5) is 15.6. The van der Waals surface area contributed by atoms with Gasteiger partial charge < -0.3 is 11.1 Å². The first-order valence-electron chi connectivity index (χ1n) is 5.26. The number of hydrogen-bond acceptors (Lipinski definition) is 4. The van der Waals surface area contributed by atoms with Gasteiger partial charge in [0.2, 0.25) is 0 Å². The number of aromatic nitrogens is 1. The summed E-state index contributed by atoms with van der Waals surface area (Å²) in [6.07, 6.45) is 2.33. The molecule has 0 unspecified atom stereocenters. The highest BCUT2D eigenvalue weighted by Gasteiger charge is 2.04. The van der Waals surface area contributed by atoms with Crippen LogP contribution in [0.25, 0.3) is 0 Å². The number of thiophene rings is 1. The van der Waals surface area contributed by atoms with Crippen molar-refractivity contribution >= 4 is 23.1 Å². The Bertz CT molecular complexity index is 479. The van der Waals surface area contributed by atoms with Crippen LogP contribution in [0.2, 0.25) is 0 Å². The lowest BCUT2D eigenvalue weighted by atomic mass is 10.2. The zero-order valence-electron chi connectivity index (χ0n) is 9.22. The SMILES string of the molecule is Nc1ccc(C(=O)NCCc2ccsc2)cn1. The molecule has 3 N–H and O–H groups in total. The minimum Gasteiger partial charge on any atom is -0.384 e. The van der Waals surface area contributed by atoms with Gasteiger partial charge in [0.25, 0.3) is 5.91 Å². The monoisotopic (exact) mass is 247 g/mol. The minimum atomic E-state index is -0.118. The highest BCUT2D eigenvalue weighted by atomic mass is 32.1. The highest BCUT2D eigenvalue weighted by Crippen LogP contribution is 2.06. The summed E-state index contributed by atoms with van der Waals surface area (Å²) >= 11 is 1.66. The molecule has 5 heteroatoms. The van der Waals surface area contributed by atoms with E-state index in [2.05, 4.69) is 21.7 Å². The lowest BCUT2D eigenvalue weighted by molar-refractivity contribution is 0.0954. The average Bonchev–Trinajstić information content (AvgIpc) is 2.83. The first kappa shape index (κ1) is 11.6. The van der Waals surface area contributed by atoms with E-state index in [-0.39, 0.29) is 5.91 Å². The Morgan fingerprint density at radius 1 is 1.41 bits per heavy atom. The molecule has 0 aliphatic rings. The Balaban J connectivity index is 1.83. The predicted octanol–water partition coefficient (Wildman–Crippen LogP) is 1.70. The maximum absolute atomic E-state index is 11.7. The predicted molar refractivity (Wildman–Crippen MR) is 69.0 cm³/mol. The molecule has 0 saturated carbocycles. The topological polar surface area (TPSA) is 68.0 Å². The van der Waals surface area contributed by atoms with Crippen molar-refractivity contribution in [3.8, 4) is 0 Å². The number of hydrogen-bond donors (Lipinski definition) is 2. The number of pyridine rings is 1. The van der Waals surface area contributed by atoms with Gasteiger partial charge in [-0.3, -0.25) is 4.79 Å². The molecule has 17 heavy (non-hydrogen) atoms. The van der Waals surface area contributed by atoms with E-state index in [1.54, 1.807) is 23.5 Å². The third-order valence-corrected chi connectivity index (χ3v) is 3.06. The van der Waals surface area contributed by atoms with Crippen LogP contribution in [0, 0.1) is 0 Å². The molecule has 2 aromatic rings. The zero-order valence-corrected chi connectivity index (χ0v) is 10.0. The summed E-state index contributed by atoms with van der Waals surface area (Å²) in [6, 6.07) is 5.34. The molecule has 2 heterocycles. The quantitative estimate of drug-likeness (QED) is 0.864. The van der Waals surface area contributed by atoms with Crippen molar-refractivity contribution in [2.24, 2.45) is 0 Å². The van der Waals surface area contributed by atoms with E-state index in [1.807, 2.05) is 5.38 Å². The maximum Gasteiger partial charge on any atom is 0.252 e. The molecule has 2 aromatic heterocycles. The third-order valence-electron chi connectivity index (χ3n) is 2.33. The van der Waals surface area contributed by atoms with Crippen LogP contribution in [0.15, 0.2) is 35.2 Å². The highest BCUT2D eigenvalue weighted by molar-refractivity contribution is 7.07. The lowest BCUT2D eigenvalue weighted by Crippen LogP contribution is -2.25. The van der Waals surface area contributed by atoms with Crippen LogP contribution in [0.1, 0.15) is 15.9 Å². The number of anilines is 1. The number of amides is 1. The van der Waals surface area contributed by atoms with Crippen molar-refractivity contribution in [2.75, 3.05) is 12.3 Å². The Kier molecular flexibility index (Phi) is 3.72. The van der Waals surface area contributed by atoms with Crippen molar-refractivity contribution in [3.63, 3.8) is 0 Å². The first-order valence-corrected chi connectivity index (χ1v) is 6.21. The van der Waals surface area contributed by atoms with Crippen molar-refractivity contribution < 1.29 is 4.79 Å². The fourth-order valence-electron chi connectivity index (χ4n) is 1.40. The summed E-state index contributed by atoms with van der Waals surface area (Å²) in [7, 11) is 0. The zero-order chi connectivity index (χ0) is 12.1. The fourth-order valence-corrected chi connectivity index (χ4v) is 2.10. The second-order valence-corrected chi connectivity index (χ2v) is 4.39. The van der Waals surface area contributed by atoms with E-state index in [0.717, 1.165) is 6.42 Å². The molecular formula is C12H13N3OS. The Morgan fingerprint density at radius 2 is 2.29 bits per heavy atom. The van der Waals surface area contributed by atoms with E-state index >= 15 is 0 Å². The van der Waals surface area contributed by atoms with Gasteiger partial charge in [0.05, 0.1) is 5.56 Å². The molecule has 0 spiro atoms. The molecule has 2 rings (SSSR count). The largest absolute Gasteiger partial charge is 0.384 e.